The van der Waals surface area contributed by atoms with E-state index in [1.54, 1.807) is 7.11 Å². The number of hydrogen-bond donors (Lipinski definition) is 1. The number of benzene rings is 1. The lowest BCUT2D eigenvalue weighted by Gasteiger charge is -1.95. The van der Waals surface area contributed by atoms with Gasteiger partial charge in [0.25, 0.3) is 0 Å². The molecular formula is C16H32O3. The Morgan fingerprint density at radius 1 is 0.842 bits per heavy atom. The molecule has 0 heterocycles. The summed E-state index contributed by atoms with van der Waals surface area (Å²) in [5.74, 6) is 0. The fraction of sp³-hybridized carbons (Fsp3) is 0.625. The summed E-state index contributed by atoms with van der Waals surface area (Å²) in [5.41, 5.74) is 1.22. The van der Waals surface area contributed by atoms with Gasteiger partial charge in [0.1, 0.15) is 6.79 Å². The highest BCUT2D eigenvalue weighted by atomic mass is 16.6. The van der Waals surface area contributed by atoms with E-state index < -0.39 is 0 Å². The molecule has 0 atom stereocenters. The quantitative estimate of drug-likeness (QED) is 0.836. The molecule has 0 amide bonds. The summed E-state index contributed by atoms with van der Waals surface area (Å²) >= 11 is 0. The fourth-order valence-corrected chi connectivity index (χ4v) is 0.741. The molecule has 1 N–H and O–H groups in total. The molecule has 0 saturated carbocycles. The Morgan fingerprint density at radius 2 is 1.21 bits per heavy atom. The maximum atomic E-state index is 7.65. The topological polar surface area (TPSA) is 38.7 Å². The summed E-state index contributed by atoms with van der Waals surface area (Å²) in [6, 6.07) is 10.1. The van der Waals surface area contributed by atoms with Crippen LogP contribution in [-0.4, -0.2) is 26.1 Å². The first kappa shape index (κ1) is 23.2. The van der Waals surface area contributed by atoms with Crippen LogP contribution in [0.3, 0.4) is 0 Å². The third-order valence-electron chi connectivity index (χ3n) is 1.28. The van der Waals surface area contributed by atoms with E-state index >= 15 is 0 Å². The van der Waals surface area contributed by atoms with Gasteiger partial charge in [-0.05, 0) is 5.56 Å². The summed E-state index contributed by atoms with van der Waals surface area (Å²) in [7, 11) is 3.13. The van der Waals surface area contributed by atoms with Gasteiger partial charge >= 0.3 is 0 Å². The molecule has 0 aliphatic heterocycles. The van der Waals surface area contributed by atoms with Crippen LogP contribution in [0.25, 0.3) is 0 Å². The van der Waals surface area contributed by atoms with E-state index in [9.17, 15) is 0 Å². The van der Waals surface area contributed by atoms with Gasteiger partial charge in [0, 0.05) is 14.2 Å². The standard InChI is InChI=1S/C8H10O.2C3H8.C2H6O2/c1-9-7-8-5-3-2-4-6-8;2*1-3-2;1-4-2-3/h2-6H,7H2,1H3;2*3H2,1-2H3;3H,2H2,1H3. The zero-order valence-electron chi connectivity index (χ0n) is 13.5. The number of aliphatic hydroxyl groups is 1. The molecule has 0 aliphatic carbocycles. The van der Waals surface area contributed by atoms with Crippen LogP contribution in [0.4, 0.5) is 0 Å². The molecule has 114 valence electrons. The molecule has 3 nitrogen and oxygen atoms in total. The van der Waals surface area contributed by atoms with Gasteiger partial charge in [-0.3, -0.25) is 0 Å². The lowest BCUT2D eigenvalue weighted by atomic mass is 10.2. The van der Waals surface area contributed by atoms with Gasteiger partial charge < -0.3 is 14.6 Å². The molecule has 3 heteroatoms. The van der Waals surface area contributed by atoms with Crippen molar-refractivity contribution in [3.8, 4) is 0 Å². The van der Waals surface area contributed by atoms with E-state index in [-0.39, 0.29) is 6.79 Å². The Hall–Kier alpha value is -0.900. The van der Waals surface area contributed by atoms with Gasteiger partial charge in [-0.25, -0.2) is 0 Å². The van der Waals surface area contributed by atoms with Crippen LogP contribution in [0.2, 0.25) is 0 Å². The monoisotopic (exact) mass is 272 g/mol. The molecule has 1 rings (SSSR count). The number of methoxy groups -OCH3 is 2. The van der Waals surface area contributed by atoms with Crippen molar-refractivity contribution in [1.29, 1.82) is 0 Å². The second-order valence-corrected chi connectivity index (χ2v) is 3.75. The Kier molecular flexibility index (Phi) is 31.6. The van der Waals surface area contributed by atoms with Gasteiger partial charge in [-0.2, -0.15) is 0 Å². The molecule has 0 radical (unpaired) electrons. The van der Waals surface area contributed by atoms with Gasteiger partial charge in [-0.1, -0.05) is 70.9 Å². The van der Waals surface area contributed by atoms with E-state index in [1.165, 1.54) is 25.5 Å². The first-order chi connectivity index (χ1) is 9.17. The van der Waals surface area contributed by atoms with Crippen LogP contribution < -0.4 is 0 Å². The number of rotatable bonds is 3. The minimum absolute atomic E-state index is 0.181. The van der Waals surface area contributed by atoms with Crippen molar-refractivity contribution in [3.63, 3.8) is 0 Å². The molecule has 0 aromatic heterocycles. The summed E-state index contributed by atoms with van der Waals surface area (Å²) in [6.07, 6.45) is 2.50. The van der Waals surface area contributed by atoms with Crippen LogP contribution in [0.1, 0.15) is 46.1 Å². The fourth-order valence-electron chi connectivity index (χ4n) is 0.741. The Labute approximate surface area is 119 Å². The smallest absolute Gasteiger partial charge is 0.143 e. The van der Waals surface area contributed by atoms with Crippen molar-refractivity contribution < 1.29 is 14.6 Å². The normalized spacial score (nSPS) is 7.95. The maximum absolute atomic E-state index is 7.65. The number of aliphatic hydroxyl groups excluding tert-OH is 1. The average Bonchev–Trinajstić information content (AvgIpc) is 2.42. The first-order valence-corrected chi connectivity index (χ1v) is 6.80. The van der Waals surface area contributed by atoms with Crippen molar-refractivity contribution in [2.45, 2.75) is 47.1 Å². The highest BCUT2D eigenvalue weighted by Crippen LogP contribution is 1.98. The second kappa shape index (κ2) is 25.8. The molecule has 0 bridgehead atoms. The van der Waals surface area contributed by atoms with Gasteiger partial charge in [0.05, 0.1) is 6.61 Å². The van der Waals surface area contributed by atoms with Crippen molar-refractivity contribution in [2.24, 2.45) is 0 Å². The predicted octanol–water partition coefficient (Wildman–Crippen LogP) is 4.25. The molecule has 0 unspecified atom stereocenters. The number of hydrogen-bond acceptors (Lipinski definition) is 3. The molecule has 0 aliphatic rings. The van der Waals surface area contributed by atoms with Crippen molar-refractivity contribution in [1.82, 2.24) is 0 Å². The summed E-state index contributed by atoms with van der Waals surface area (Å²) in [5, 5.41) is 7.65. The average molecular weight is 272 g/mol. The van der Waals surface area contributed by atoms with Gasteiger partial charge in [0.2, 0.25) is 0 Å². The van der Waals surface area contributed by atoms with Crippen LogP contribution >= 0.6 is 0 Å². The zero-order chi connectivity index (χ0) is 15.4. The summed E-state index contributed by atoms with van der Waals surface area (Å²) in [6.45, 7) is 9.03. The third-order valence-corrected chi connectivity index (χ3v) is 1.28. The van der Waals surface area contributed by atoms with Gasteiger partial charge in [0.15, 0.2) is 0 Å². The molecule has 1 aromatic carbocycles. The van der Waals surface area contributed by atoms with Crippen molar-refractivity contribution in [2.75, 3.05) is 21.0 Å². The predicted molar refractivity (Wildman–Crippen MR) is 83.2 cm³/mol. The lowest BCUT2D eigenvalue weighted by Crippen LogP contribution is -1.84. The van der Waals surface area contributed by atoms with Crippen molar-refractivity contribution in [3.05, 3.63) is 35.9 Å². The molecule has 0 fully saturated rings. The van der Waals surface area contributed by atoms with Crippen molar-refractivity contribution >= 4 is 0 Å². The highest BCUT2D eigenvalue weighted by Gasteiger charge is 1.84. The van der Waals surface area contributed by atoms with Crippen LogP contribution in [-0.2, 0) is 16.1 Å². The molecule has 0 saturated heterocycles. The summed E-state index contributed by atoms with van der Waals surface area (Å²) in [4.78, 5) is 0. The van der Waals surface area contributed by atoms with Crippen LogP contribution in [0.5, 0.6) is 0 Å². The van der Waals surface area contributed by atoms with E-state index in [1.807, 2.05) is 30.3 Å². The Balaban J connectivity index is -0.000000216. The molecule has 0 spiro atoms. The first-order valence-electron chi connectivity index (χ1n) is 6.80. The van der Waals surface area contributed by atoms with E-state index in [4.69, 9.17) is 9.84 Å². The largest absolute Gasteiger partial charge is 0.380 e. The third kappa shape index (κ3) is 31.6. The highest BCUT2D eigenvalue weighted by molar-refractivity contribution is 5.13. The molecule has 1 aromatic rings. The summed E-state index contributed by atoms with van der Waals surface area (Å²) < 4.78 is 9.03. The minimum atomic E-state index is -0.181. The minimum Gasteiger partial charge on any atom is -0.380 e. The maximum Gasteiger partial charge on any atom is 0.143 e. The van der Waals surface area contributed by atoms with Crippen LogP contribution in [0, 0.1) is 0 Å². The SMILES string of the molecule is CCC.CCC.COCO.COCc1ccccc1. The van der Waals surface area contributed by atoms with Crippen LogP contribution in [0.15, 0.2) is 30.3 Å². The van der Waals surface area contributed by atoms with E-state index in [0.29, 0.717) is 6.61 Å². The Morgan fingerprint density at radius 3 is 1.47 bits per heavy atom. The lowest BCUT2D eigenvalue weighted by molar-refractivity contribution is 0.0325. The molecular weight excluding hydrogens is 240 g/mol. The van der Waals surface area contributed by atoms with Gasteiger partial charge in [-0.15, -0.1) is 0 Å². The molecule has 19 heavy (non-hydrogen) atoms. The van der Waals surface area contributed by atoms with E-state index in [0.717, 1.165) is 0 Å². The van der Waals surface area contributed by atoms with E-state index in [2.05, 4.69) is 32.4 Å². The zero-order valence-corrected chi connectivity index (χ0v) is 13.5. The Bertz CT molecular complexity index is 208. The number of ether oxygens (including phenoxy) is 2. The second-order valence-electron chi connectivity index (χ2n) is 3.75.